The van der Waals surface area contributed by atoms with Crippen LogP contribution in [0.15, 0.2) is 0 Å². The lowest BCUT2D eigenvalue weighted by Gasteiger charge is -2.41. The Kier molecular flexibility index (Phi) is 5.20. The average Bonchev–Trinajstić information content (AvgIpc) is 2.64. The van der Waals surface area contributed by atoms with Crippen LogP contribution < -0.4 is 5.32 Å². The van der Waals surface area contributed by atoms with E-state index >= 15 is 0 Å². The van der Waals surface area contributed by atoms with Crippen LogP contribution in [0.4, 0.5) is 0 Å². The van der Waals surface area contributed by atoms with Gasteiger partial charge in [-0.05, 0) is 45.6 Å². The summed E-state index contributed by atoms with van der Waals surface area (Å²) in [6.45, 7) is 8.12. The van der Waals surface area contributed by atoms with Gasteiger partial charge in [-0.2, -0.15) is 5.26 Å². The number of rotatable bonds is 3. The molecule has 4 heteroatoms. The lowest BCUT2D eigenvalue weighted by Crippen LogP contribution is -2.53. The zero-order valence-corrected chi connectivity index (χ0v) is 12.3. The molecule has 0 amide bonds. The van der Waals surface area contributed by atoms with Crippen LogP contribution in [0.5, 0.6) is 0 Å². The van der Waals surface area contributed by atoms with Crippen LogP contribution in [0.3, 0.4) is 0 Å². The molecule has 1 saturated carbocycles. The number of nitriles is 1. The predicted molar refractivity (Wildman–Crippen MR) is 75.9 cm³/mol. The molecule has 1 aliphatic carbocycles. The van der Waals surface area contributed by atoms with E-state index < -0.39 is 0 Å². The highest BCUT2D eigenvalue weighted by atomic mass is 16.5. The van der Waals surface area contributed by atoms with Gasteiger partial charge in [-0.1, -0.05) is 6.92 Å². The smallest absolute Gasteiger partial charge is 0.108 e. The van der Waals surface area contributed by atoms with E-state index in [1.165, 1.54) is 6.42 Å². The van der Waals surface area contributed by atoms with Crippen LogP contribution in [-0.4, -0.2) is 48.8 Å². The minimum atomic E-state index is -0.298. The molecule has 1 aliphatic heterocycles. The number of nitrogens with one attached hydrogen (secondary N) is 1. The fraction of sp³-hybridized carbons (Fsp3) is 0.933. The van der Waals surface area contributed by atoms with Crippen molar-refractivity contribution in [3.63, 3.8) is 0 Å². The molecule has 108 valence electrons. The molecule has 0 bridgehead atoms. The first-order chi connectivity index (χ1) is 9.19. The third-order valence-corrected chi connectivity index (χ3v) is 4.45. The van der Waals surface area contributed by atoms with Gasteiger partial charge in [0.15, 0.2) is 0 Å². The molecule has 0 aromatic rings. The number of hydrogen-bond donors (Lipinski definition) is 1. The monoisotopic (exact) mass is 265 g/mol. The van der Waals surface area contributed by atoms with E-state index in [2.05, 4.69) is 30.1 Å². The molecule has 0 spiro atoms. The Morgan fingerprint density at radius 2 is 2.32 bits per heavy atom. The van der Waals surface area contributed by atoms with Gasteiger partial charge in [-0.3, -0.25) is 10.2 Å². The number of hydrogen-bond acceptors (Lipinski definition) is 4. The molecule has 0 aromatic heterocycles. The standard InChI is InChI=1S/C15H27N3O/c1-3-17-15(12-16)7-4-6-14(10-15)18-8-5-9-19-13(2)11-18/h13-14,17H,3-11H2,1-2H3. The van der Waals surface area contributed by atoms with Crippen LogP contribution in [0.1, 0.15) is 46.0 Å². The summed E-state index contributed by atoms with van der Waals surface area (Å²) in [6, 6.07) is 3.08. The predicted octanol–water partition coefficient (Wildman–Crippen LogP) is 1.91. The molecule has 1 saturated heterocycles. The fourth-order valence-electron chi connectivity index (χ4n) is 3.56. The highest BCUT2D eigenvalue weighted by Crippen LogP contribution is 2.31. The summed E-state index contributed by atoms with van der Waals surface area (Å²) >= 11 is 0. The van der Waals surface area contributed by atoms with E-state index in [0.717, 1.165) is 51.9 Å². The maximum Gasteiger partial charge on any atom is 0.108 e. The third kappa shape index (κ3) is 3.68. The zero-order valence-electron chi connectivity index (χ0n) is 12.3. The van der Waals surface area contributed by atoms with Crippen molar-refractivity contribution in [1.29, 1.82) is 5.26 Å². The second kappa shape index (κ2) is 6.69. The van der Waals surface area contributed by atoms with Gasteiger partial charge in [0.1, 0.15) is 5.54 Å². The molecule has 0 aromatic carbocycles. The van der Waals surface area contributed by atoms with Crippen molar-refractivity contribution in [2.24, 2.45) is 0 Å². The summed E-state index contributed by atoms with van der Waals surface area (Å²) in [6.07, 6.45) is 5.76. The molecular weight excluding hydrogens is 238 g/mol. The van der Waals surface area contributed by atoms with Crippen molar-refractivity contribution < 1.29 is 4.74 Å². The second-order valence-electron chi connectivity index (χ2n) is 6.00. The molecule has 3 atom stereocenters. The SMILES string of the molecule is CCNC1(C#N)CCCC(N2CCCOC(C)C2)C1. The first-order valence-electron chi connectivity index (χ1n) is 7.71. The highest BCUT2D eigenvalue weighted by molar-refractivity contribution is 5.11. The topological polar surface area (TPSA) is 48.3 Å². The lowest BCUT2D eigenvalue weighted by atomic mass is 9.79. The van der Waals surface area contributed by atoms with E-state index in [4.69, 9.17) is 4.74 Å². The van der Waals surface area contributed by atoms with Gasteiger partial charge in [-0.15, -0.1) is 0 Å². The van der Waals surface area contributed by atoms with Gasteiger partial charge >= 0.3 is 0 Å². The molecule has 1 N–H and O–H groups in total. The molecule has 4 nitrogen and oxygen atoms in total. The average molecular weight is 265 g/mol. The van der Waals surface area contributed by atoms with Crippen LogP contribution in [0.25, 0.3) is 0 Å². The Balaban J connectivity index is 2.01. The first kappa shape index (κ1) is 14.8. The maximum atomic E-state index is 9.54. The van der Waals surface area contributed by atoms with E-state index in [1.807, 2.05) is 0 Å². The van der Waals surface area contributed by atoms with E-state index in [-0.39, 0.29) is 5.54 Å². The normalized spacial score (nSPS) is 37.5. The van der Waals surface area contributed by atoms with Gasteiger partial charge in [0.2, 0.25) is 0 Å². The molecule has 3 unspecified atom stereocenters. The summed E-state index contributed by atoms with van der Waals surface area (Å²) < 4.78 is 5.73. The summed E-state index contributed by atoms with van der Waals surface area (Å²) in [7, 11) is 0. The molecule has 19 heavy (non-hydrogen) atoms. The largest absolute Gasteiger partial charge is 0.377 e. The lowest BCUT2D eigenvalue weighted by molar-refractivity contribution is 0.0510. The molecule has 1 heterocycles. The van der Waals surface area contributed by atoms with Crippen LogP contribution in [0.2, 0.25) is 0 Å². The van der Waals surface area contributed by atoms with Crippen LogP contribution in [0, 0.1) is 11.3 Å². The Morgan fingerprint density at radius 3 is 3.05 bits per heavy atom. The Labute approximate surface area is 117 Å². The van der Waals surface area contributed by atoms with Crippen LogP contribution in [-0.2, 0) is 4.74 Å². The minimum Gasteiger partial charge on any atom is -0.377 e. The Hall–Kier alpha value is -0.630. The van der Waals surface area contributed by atoms with Crippen molar-refractivity contribution >= 4 is 0 Å². The molecule has 2 fully saturated rings. The van der Waals surface area contributed by atoms with E-state index in [9.17, 15) is 5.26 Å². The van der Waals surface area contributed by atoms with Gasteiger partial charge in [0.25, 0.3) is 0 Å². The fourth-order valence-corrected chi connectivity index (χ4v) is 3.56. The van der Waals surface area contributed by atoms with E-state index in [0.29, 0.717) is 12.1 Å². The van der Waals surface area contributed by atoms with Crippen molar-refractivity contribution in [3.8, 4) is 6.07 Å². The second-order valence-corrected chi connectivity index (χ2v) is 6.00. The highest BCUT2D eigenvalue weighted by Gasteiger charge is 2.38. The van der Waals surface area contributed by atoms with Crippen molar-refractivity contribution in [1.82, 2.24) is 10.2 Å². The molecule has 2 aliphatic rings. The first-order valence-corrected chi connectivity index (χ1v) is 7.71. The summed E-state index contributed by atoms with van der Waals surface area (Å²) in [5, 5.41) is 13.0. The quantitative estimate of drug-likeness (QED) is 0.847. The summed E-state index contributed by atoms with van der Waals surface area (Å²) in [5.74, 6) is 0. The maximum absolute atomic E-state index is 9.54. The number of nitrogens with zero attached hydrogens (tertiary/aromatic N) is 2. The van der Waals surface area contributed by atoms with Gasteiger partial charge in [-0.25, -0.2) is 0 Å². The van der Waals surface area contributed by atoms with E-state index in [1.54, 1.807) is 0 Å². The van der Waals surface area contributed by atoms with Gasteiger partial charge < -0.3 is 4.74 Å². The van der Waals surface area contributed by atoms with Gasteiger partial charge in [0.05, 0.1) is 12.2 Å². The molecular formula is C15H27N3O. The zero-order chi connectivity index (χ0) is 13.7. The summed E-state index contributed by atoms with van der Waals surface area (Å²) in [4.78, 5) is 2.56. The molecule has 2 rings (SSSR count). The van der Waals surface area contributed by atoms with Crippen molar-refractivity contribution in [2.75, 3.05) is 26.2 Å². The molecule has 0 radical (unpaired) electrons. The van der Waals surface area contributed by atoms with Crippen molar-refractivity contribution in [3.05, 3.63) is 0 Å². The Morgan fingerprint density at radius 1 is 1.47 bits per heavy atom. The summed E-state index contributed by atoms with van der Waals surface area (Å²) in [5.41, 5.74) is -0.298. The van der Waals surface area contributed by atoms with Crippen LogP contribution >= 0.6 is 0 Å². The van der Waals surface area contributed by atoms with Gasteiger partial charge in [0, 0.05) is 25.7 Å². The Bertz CT molecular complexity index is 324. The number of ether oxygens (including phenoxy) is 1. The van der Waals surface area contributed by atoms with Crippen molar-refractivity contribution in [2.45, 2.75) is 63.6 Å². The third-order valence-electron chi connectivity index (χ3n) is 4.45. The minimum absolute atomic E-state index is 0.298.